The summed E-state index contributed by atoms with van der Waals surface area (Å²) in [7, 11) is 0. The Labute approximate surface area is 208 Å². The van der Waals surface area contributed by atoms with Crippen molar-refractivity contribution in [1.82, 2.24) is 0 Å². The monoisotopic (exact) mass is 486 g/mol. The van der Waals surface area contributed by atoms with E-state index in [9.17, 15) is 19.8 Å². The van der Waals surface area contributed by atoms with E-state index in [1.54, 1.807) is 6.92 Å². The van der Waals surface area contributed by atoms with Gasteiger partial charge in [0, 0.05) is 18.4 Å². The summed E-state index contributed by atoms with van der Waals surface area (Å²) in [5.41, 5.74) is 0.256. The van der Waals surface area contributed by atoms with Crippen molar-refractivity contribution in [2.45, 2.75) is 103 Å². The molecular formula is C29H42O6. The number of rotatable bonds is 3. The molecule has 1 saturated heterocycles. The number of fused-ring (bicyclic) bond motifs is 4. The minimum atomic E-state index is -0.664. The number of hydrogen-bond acceptors (Lipinski definition) is 6. The summed E-state index contributed by atoms with van der Waals surface area (Å²) in [6.07, 6.45) is 5.58. The van der Waals surface area contributed by atoms with Gasteiger partial charge >= 0.3 is 5.97 Å². The van der Waals surface area contributed by atoms with Crippen LogP contribution in [0.4, 0.5) is 0 Å². The molecule has 6 heteroatoms. The Morgan fingerprint density at radius 3 is 2.57 bits per heavy atom. The van der Waals surface area contributed by atoms with Gasteiger partial charge in [-0.2, -0.15) is 0 Å². The van der Waals surface area contributed by atoms with Crippen LogP contribution in [0, 0.1) is 46.3 Å². The number of Topliss-reactive ketones (excluding diaryl/α,β-unsaturated/α-hetero) is 1. The molecule has 0 radical (unpaired) electrons. The second-order valence-corrected chi connectivity index (χ2v) is 13.4. The van der Waals surface area contributed by atoms with E-state index in [-0.39, 0.29) is 48.0 Å². The molecule has 6 nitrogen and oxygen atoms in total. The number of cyclic esters (lactones) is 1. The summed E-state index contributed by atoms with van der Waals surface area (Å²) in [6, 6.07) is 0. The van der Waals surface area contributed by atoms with Crippen molar-refractivity contribution in [3.8, 4) is 0 Å². The van der Waals surface area contributed by atoms with E-state index >= 15 is 0 Å². The number of carbonyl (C=O) groups is 2. The van der Waals surface area contributed by atoms with Crippen LogP contribution in [0.3, 0.4) is 0 Å². The maximum absolute atomic E-state index is 13.6. The van der Waals surface area contributed by atoms with Gasteiger partial charge in [0.15, 0.2) is 0 Å². The minimum absolute atomic E-state index is 0.00574. The molecule has 0 aromatic heterocycles. The van der Waals surface area contributed by atoms with Crippen molar-refractivity contribution >= 4 is 11.8 Å². The number of ketones is 1. The van der Waals surface area contributed by atoms with Crippen LogP contribution in [0.5, 0.6) is 0 Å². The molecule has 6 rings (SSSR count). The molecule has 4 saturated carbocycles. The Morgan fingerprint density at radius 1 is 1.11 bits per heavy atom. The summed E-state index contributed by atoms with van der Waals surface area (Å²) in [4.78, 5) is 26.1. The molecule has 6 aliphatic rings. The predicted octanol–water partition coefficient (Wildman–Crippen LogP) is 3.82. The van der Waals surface area contributed by atoms with Crippen LogP contribution in [-0.2, 0) is 19.1 Å². The van der Waals surface area contributed by atoms with Crippen molar-refractivity contribution in [2.75, 3.05) is 6.61 Å². The van der Waals surface area contributed by atoms with Crippen LogP contribution in [0.15, 0.2) is 11.1 Å². The molecule has 1 spiro atoms. The molecule has 0 aromatic rings. The van der Waals surface area contributed by atoms with E-state index in [1.807, 2.05) is 6.92 Å². The average molecular weight is 487 g/mol. The van der Waals surface area contributed by atoms with Gasteiger partial charge in [0.1, 0.15) is 17.5 Å². The van der Waals surface area contributed by atoms with Gasteiger partial charge in [0.2, 0.25) is 0 Å². The quantitative estimate of drug-likeness (QED) is 0.465. The van der Waals surface area contributed by atoms with Crippen LogP contribution < -0.4 is 0 Å². The lowest BCUT2D eigenvalue weighted by Crippen LogP contribution is -2.66. The lowest BCUT2D eigenvalue weighted by Gasteiger charge is -2.59. The lowest BCUT2D eigenvalue weighted by molar-refractivity contribution is -0.172. The summed E-state index contributed by atoms with van der Waals surface area (Å²) >= 11 is 0. The number of carbonyl (C=O) groups excluding carboxylic acids is 2. The predicted molar refractivity (Wildman–Crippen MR) is 129 cm³/mol. The number of aliphatic hydroxyl groups excluding tert-OH is 2. The van der Waals surface area contributed by atoms with Crippen molar-refractivity contribution in [2.24, 2.45) is 46.3 Å². The first-order valence-electron chi connectivity index (χ1n) is 13.9. The minimum Gasteiger partial charge on any atom is -0.458 e. The highest BCUT2D eigenvalue weighted by Gasteiger charge is 2.81. The third-order valence-electron chi connectivity index (χ3n) is 12.3. The molecule has 194 valence electrons. The maximum Gasteiger partial charge on any atom is 0.334 e. The van der Waals surface area contributed by atoms with Crippen LogP contribution in [0.1, 0.15) is 79.6 Å². The van der Waals surface area contributed by atoms with Gasteiger partial charge < -0.3 is 19.7 Å². The van der Waals surface area contributed by atoms with Crippen LogP contribution in [0.2, 0.25) is 0 Å². The first-order chi connectivity index (χ1) is 16.5. The molecule has 0 bridgehead atoms. The van der Waals surface area contributed by atoms with Gasteiger partial charge in [-0.05, 0) is 92.4 Å². The molecule has 35 heavy (non-hydrogen) atoms. The van der Waals surface area contributed by atoms with Crippen LogP contribution >= 0.6 is 0 Å². The standard InChI is InChI=1S/C29H42O6/c1-14-10-23(31)28(5)21-8-9-27(4)19(16(3)22-11-17(13-30)15(2)26(33)34-22)6-7-20(27)18(21)12-24-29(28,35-24)25(14)32/h14,16,18-22,24-25,30,32H,6-13H2,1-5H3/t14-,16-,18?,19?,20?,21?,22+,24+,25-,27+,28-,29-/m0/s1. The van der Waals surface area contributed by atoms with Gasteiger partial charge in [-0.15, -0.1) is 0 Å². The fraction of sp³-hybridized carbons (Fsp3) is 0.862. The van der Waals surface area contributed by atoms with E-state index in [1.165, 1.54) is 0 Å². The van der Waals surface area contributed by atoms with E-state index < -0.39 is 17.1 Å². The zero-order valence-corrected chi connectivity index (χ0v) is 21.9. The molecule has 4 unspecified atom stereocenters. The number of hydrogen-bond donors (Lipinski definition) is 2. The average Bonchev–Trinajstić information content (AvgIpc) is 3.46. The summed E-state index contributed by atoms with van der Waals surface area (Å²) in [6.45, 7) is 10.4. The lowest BCUT2D eigenvalue weighted by atomic mass is 9.43. The van der Waals surface area contributed by atoms with Gasteiger partial charge in [-0.3, -0.25) is 4.79 Å². The highest BCUT2D eigenvalue weighted by atomic mass is 16.6. The third kappa shape index (κ3) is 2.88. The molecule has 0 aromatic carbocycles. The zero-order valence-electron chi connectivity index (χ0n) is 21.9. The molecular weight excluding hydrogens is 444 g/mol. The second kappa shape index (κ2) is 7.64. The normalized spacial score (nSPS) is 53.8. The fourth-order valence-electron chi connectivity index (χ4n) is 10.2. The highest BCUT2D eigenvalue weighted by molar-refractivity contribution is 5.90. The van der Waals surface area contributed by atoms with E-state index in [0.717, 1.165) is 37.7 Å². The number of aliphatic hydroxyl groups is 2. The van der Waals surface area contributed by atoms with E-state index in [2.05, 4.69) is 20.8 Å². The van der Waals surface area contributed by atoms with Crippen molar-refractivity contribution in [3.63, 3.8) is 0 Å². The largest absolute Gasteiger partial charge is 0.458 e. The van der Waals surface area contributed by atoms with E-state index in [0.29, 0.717) is 42.0 Å². The van der Waals surface area contributed by atoms with Gasteiger partial charge in [-0.1, -0.05) is 20.8 Å². The smallest absolute Gasteiger partial charge is 0.334 e. The fourth-order valence-corrected chi connectivity index (χ4v) is 10.2. The molecule has 4 aliphatic carbocycles. The number of epoxide rings is 1. The van der Waals surface area contributed by atoms with Gasteiger partial charge in [-0.25, -0.2) is 4.79 Å². The number of esters is 1. The summed E-state index contributed by atoms with van der Waals surface area (Å²) in [5, 5.41) is 21.0. The zero-order chi connectivity index (χ0) is 25.1. The first-order valence-corrected chi connectivity index (χ1v) is 13.9. The topological polar surface area (TPSA) is 96.4 Å². The molecule has 2 aliphatic heterocycles. The molecule has 0 amide bonds. The van der Waals surface area contributed by atoms with Gasteiger partial charge in [0.25, 0.3) is 0 Å². The SMILES string of the molecule is CC1=C(CO)C[C@H]([C@@H](C)C2CCC3C4C[C@H]5O[C@]56[C@@H](O)[C@@H](C)CC(=O)[C@]6(C)C4CC[C@@]32C)OC1=O. The van der Waals surface area contributed by atoms with Crippen LogP contribution in [-0.4, -0.2) is 52.5 Å². The number of ether oxygens (including phenoxy) is 2. The highest BCUT2D eigenvalue weighted by Crippen LogP contribution is 2.74. The maximum atomic E-state index is 13.6. The summed E-state index contributed by atoms with van der Waals surface area (Å²) < 4.78 is 12.2. The summed E-state index contributed by atoms with van der Waals surface area (Å²) in [5.74, 6) is 1.85. The molecule has 5 fully saturated rings. The molecule has 12 atom stereocenters. The Kier molecular flexibility index (Phi) is 5.27. The Balaban J connectivity index is 1.27. The second-order valence-electron chi connectivity index (χ2n) is 13.4. The van der Waals surface area contributed by atoms with Crippen LogP contribution in [0.25, 0.3) is 0 Å². The molecule has 2 heterocycles. The van der Waals surface area contributed by atoms with Crippen molar-refractivity contribution < 1.29 is 29.3 Å². The van der Waals surface area contributed by atoms with Crippen molar-refractivity contribution in [3.05, 3.63) is 11.1 Å². The molecule has 2 N–H and O–H groups in total. The van der Waals surface area contributed by atoms with Crippen molar-refractivity contribution in [1.29, 1.82) is 0 Å². The first kappa shape index (κ1) is 24.1. The third-order valence-corrected chi connectivity index (χ3v) is 12.3. The van der Waals surface area contributed by atoms with Gasteiger partial charge in [0.05, 0.1) is 24.2 Å². The Bertz CT molecular complexity index is 988. The van der Waals surface area contributed by atoms with E-state index in [4.69, 9.17) is 9.47 Å². The Morgan fingerprint density at radius 2 is 1.86 bits per heavy atom. The Hall–Kier alpha value is -1.24.